The number of benzene rings is 1. The van der Waals surface area contributed by atoms with Gasteiger partial charge in [0, 0.05) is 5.56 Å². The van der Waals surface area contributed by atoms with Gasteiger partial charge < -0.3 is 9.84 Å². The van der Waals surface area contributed by atoms with Crippen LogP contribution in [0.5, 0.6) is 11.5 Å². The lowest BCUT2D eigenvalue weighted by atomic mass is 10.2. The van der Waals surface area contributed by atoms with Crippen molar-refractivity contribution >= 4 is 15.9 Å². The maximum atomic E-state index is 9.64. The Morgan fingerprint density at radius 3 is 2.81 bits per heavy atom. The van der Waals surface area contributed by atoms with E-state index in [4.69, 9.17) is 4.74 Å². The predicted molar refractivity (Wildman–Crippen MR) is 63.7 cm³/mol. The fourth-order valence-electron chi connectivity index (χ4n) is 1.41. The molecule has 0 aliphatic carbocycles. The van der Waals surface area contributed by atoms with E-state index in [2.05, 4.69) is 21.0 Å². The summed E-state index contributed by atoms with van der Waals surface area (Å²) < 4.78 is 7.58. The number of phenols is 1. The van der Waals surface area contributed by atoms with Crippen LogP contribution in [0.15, 0.2) is 35.1 Å². The second-order valence-electron chi connectivity index (χ2n) is 3.29. The molecule has 0 saturated heterocycles. The molecule has 0 radical (unpaired) electrons. The second-order valence-corrected chi connectivity index (χ2v) is 4.04. The van der Waals surface area contributed by atoms with E-state index in [1.807, 2.05) is 12.1 Å². The van der Waals surface area contributed by atoms with E-state index in [9.17, 15) is 5.11 Å². The SMILES string of the molecule is COc1cnn(Cc2ccccc2O)c1Br. The van der Waals surface area contributed by atoms with Crippen LogP contribution in [0.25, 0.3) is 0 Å². The van der Waals surface area contributed by atoms with Crippen LogP contribution < -0.4 is 4.74 Å². The van der Waals surface area contributed by atoms with Gasteiger partial charge >= 0.3 is 0 Å². The molecular formula is C11H11BrN2O2. The van der Waals surface area contributed by atoms with Crippen LogP contribution in [0.2, 0.25) is 0 Å². The van der Waals surface area contributed by atoms with E-state index >= 15 is 0 Å². The molecule has 84 valence electrons. The van der Waals surface area contributed by atoms with Crippen molar-refractivity contribution < 1.29 is 9.84 Å². The summed E-state index contributed by atoms with van der Waals surface area (Å²) in [5.74, 6) is 0.944. The first-order chi connectivity index (χ1) is 7.72. The first-order valence-corrected chi connectivity index (χ1v) is 5.54. The predicted octanol–water partition coefficient (Wildman–Crippen LogP) is 2.41. The zero-order valence-electron chi connectivity index (χ0n) is 8.72. The van der Waals surface area contributed by atoms with E-state index in [0.717, 1.165) is 10.2 Å². The molecule has 5 heteroatoms. The molecule has 0 bridgehead atoms. The van der Waals surface area contributed by atoms with Crippen LogP contribution in [-0.4, -0.2) is 22.0 Å². The molecule has 1 heterocycles. The normalized spacial score (nSPS) is 10.4. The van der Waals surface area contributed by atoms with Gasteiger partial charge in [0.05, 0.1) is 19.9 Å². The summed E-state index contributed by atoms with van der Waals surface area (Å²) in [4.78, 5) is 0. The summed E-state index contributed by atoms with van der Waals surface area (Å²) in [6.45, 7) is 0.497. The minimum atomic E-state index is 0.267. The Bertz CT molecular complexity index is 496. The van der Waals surface area contributed by atoms with Crippen LogP contribution in [0.1, 0.15) is 5.56 Å². The van der Waals surface area contributed by atoms with Crippen molar-refractivity contribution in [1.29, 1.82) is 0 Å². The summed E-state index contributed by atoms with van der Waals surface area (Å²) in [6, 6.07) is 7.18. The molecule has 0 spiro atoms. The van der Waals surface area contributed by atoms with Gasteiger partial charge in [-0.05, 0) is 22.0 Å². The van der Waals surface area contributed by atoms with Gasteiger partial charge in [0.2, 0.25) is 0 Å². The molecule has 1 aromatic heterocycles. The Balaban J connectivity index is 2.27. The number of methoxy groups -OCH3 is 1. The summed E-state index contributed by atoms with van der Waals surface area (Å²) in [5, 5.41) is 13.8. The second kappa shape index (κ2) is 4.57. The van der Waals surface area contributed by atoms with Gasteiger partial charge in [-0.25, -0.2) is 4.68 Å². The summed E-state index contributed by atoms with van der Waals surface area (Å²) in [7, 11) is 1.59. The molecule has 0 aliphatic heterocycles. The maximum Gasteiger partial charge on any atom is 0.171 e. The zero-order chi connectivity index (χ0) is 11.5. The van der Waals surface area contributed by atoms with Crippen molar-refractivity contribution in [3.8, 4) is 11.5 Å². The standard InChI is InChI=1S/C11H11BrN2O2/c1-16-10-6-13-14(11(10)12)7-8-4-2-3-5-9(8)15/h2-6,15H,7H2,1H3. The van der Waals surface area contributed by atoms with Crippen molar-refractivity contribution in [3.63, 3.8) is 0 Å². The number of ether oxygens (including phenoxy) is 1. The first kappa shape index (κ1) is 11.0. The average Bonchev–Trinajstić information content (AvgIpc) is 2.63. The Hall–Kier alpha value is -1.49. The molecule has 2 aromatic rings. The van der Waals surface area contributed by atoms with E-state index in [-0.39, 0.29) is 5.75 Å². The quantitative estimate of drug-likeness (QED) is 0.941. The van der Waals surface area contributed by atoms with Gasteiger partial charge in [0.1, 0.15) is 10.4 Å². The molecule has 0 unspecified atom stereocenters. The van der Waals surface area contributed by atoms with Gasteiger partial charge in [0.25, 0.3) is 0 Å². The number of halogens is 1. The smallest absolute Gasteiger partial charge is 0.171 e. The van der Waals surface area contributed by atoms with E-state index < -0.39 is 0 Å². The molecule has 2 rings (SSSR count). The third-order valence-electron chi connectivity index (χ3n) is 2.28. The number of aromatic hydroxyl groups is 1. The van der Waals surface area contributed by atoms with Crippen LogP contribution >= 0.6 is 15.9 Å². The molecule has 1 aromatic carbocycles. The van der Waals surface area contributed by atoms with Gasteiger partial charge in [-0.3, -0.25) is 0 Å². The Morgan fingerprint density at radius 2 is 2.19 bits per heavy atom. The van der Waals surface area contributed by atoms with Crippen LogP contribution in [0, 0.1) is 0 Å². The Kier molecular flexibility index (Phi) is 3.14. The number of rotatable bonds is 3. The number of para-hydroxylation sites is 1. The van der Waals surface area contributed by atoms with Crippen molar-refractivity contribution in [2.24, 2.45) is 0 Å². The number of hydrogen-bond acceptors (Lipinski definition) is 3. The number of phenolic OH excluding ortho intramolecular Hbond substituents is 1. The molecular weight excluding hydrogens is 272 g/mol. The van der Waals surface area contributed by atoms with Gasteiger partial charge in [-0.2, -0.15) is 5.10 Å². The van der Waals surface area contributed by atoms with Crippen molar-refractivity contribution in [3.05, 3.63) is 40.6 Å². The molecule has 4 nitrogen and oxygen atoms in total. The van der Waals surface area contributed by atoms with E-state index in [0.29, 0.717) is 12.3 Å². The van der Waals surface area contributed by atoms with Gasteiger partial charge in [0.15, 0.2) is 5.75 Å². The third kappa shape index (κ3) is 2.04. The monoisotopic (exact) mass is 282 g/mol. The highest BCUT2D eigenvalue weighted by molar-refractivity contribution is 9.10. The fraction of sp³-hybridized carbons (Fsp3) is 0.182. The number of nitrogens with zero attached hydrogens (tertiary/aromatic N) is 2. The molecule has 1 N–H and O–H groups in total. The average molecular weight is 283 g/mol. The highest BCUT2D eigenvalue weighted by Crippen LogP contribution is 2.26. The number of hydrogen-bond donors (Lipinski definition) is 1. The van der Waals surface area contributed by atoms with Gasteiger partial charge in [-0.1, -0.05) is 18.2 Å². The van der Waals surface area contributed by atoms with Gasteiger partial charge in [-0.15, -0.1) is 0 Å². The topological polar surface area (TPSA) is 47.3 Å². The minimum Gasteiger partial charge on any atom is -0.508 e. The van der Waals surface area contributed by atoms with E-state index in [1.165, 1.54) is 0 Å². The lowest BCUT2D eigenvalue weighted by Gasteiger charge is -2.05. The highest BCUT2D eigenvalue weighted by Gasteiger charge is 2.09. The van der Waals surface area contributed by atoms with Crippen molar-refractivity contribution in [1.82, 2.24) is 9.78 Å². The summed E-state index contributed by atoms with van der Waals surface area (Å²) in [5.41, 5.74) is 0.814. The summed E-state index contributed by atoms with van der Waals surface area (Å²) >= 11 is 3.39. The van der Waals surface area contributed by atoms with Crippen molar-refractivity contribution in [2.45, 2.75) is 6.54 Å². The maximum absolute atomic E-state index is 9.64. The lowest BCUT2D eigenvalue weighted by molar-refractivity contribution is 0.410. The van der Waals surface area contributed by atoms with Crippen LogP contribution in [0.4, 0.5) is 0 Å². The molecule has 0 saturated carbocycles. The summed E-state index contributed by atoms with van der Waals surface area (Å²) in [6.07, 6.45) is 1.63. The number of aromatic nitrogens is 2. The van der Waals surface area contributed by atoms with E-state index in [1.54, 1.807) is 30.1 Å². The Labute approximate surface area is 102 Å². The molecule has 16 heavy (non-hydrogen) atoms. The van der Waals surface area contributed by atoms with Crippen LogP contribution in [-0.2, 0) is 6.54 Å². The molecule has 0 aliphatic rings. The zero-order valence-corrected chi connectivity index (χ0v) is 10.3. The minimum absolute atomic E-state index is 0.267. The molecule has 0 amide bonds. The third-order valence-corrected chi connectivity index (χ3v) is 3.08. The largest absolute Gasteiger partial charge is 0.508 e. The van der Waals surface area contributed by atoms with Crippen molar-refractivity contribution in [2.75, 3.05) is 7.11 Å². The lowest BCUT2D eigenvalue weighted by Crippen LogP contribution is -2.02. The fourth-order valence-corrected chi connectivity index (χ4v) is 1.89. The first-order valence-electron chi connectivity index (χ1n) is 4.74. The molecule has 0 fully saturated rings. The van der Waals surface area contributed by atoms with Crippen LogP contribution in [0.3, 0.4) is 0 Å². The Morgan fingerprint density at radius 1 is 1.44 bits per heavy atom. The highest BCUT2D eigenvalue weighted by atomic mass is 79.9. The molecule has 0 atom stereocenters.